The van der Waals surface area contributed by atoms with Crippen LogP contribution in [0.1, 0.15) is 17.9 Å². The Bertz CT molecular complexity index is 474. The SMILES string of the molecule is O=C(O)[C@@H]1C[C@H]1c1cccc([N+](=O)[O-])c1F. The van der Waals surface area contributed by atoms with Crippen LogP contribution in [-0.2, 0) is 4.79 Å². The van der Waals surface area contributed by atoms with Gasteiger partial charge in [-0.05, 0) is 12.0 Å². The Kier molecular flexibility index (Phi) is 2.34. The summed E-state index contributed by atoms with van der Waals surface area (Å²) < 4.78 is 13.6. The van der Waals surface area contributed by atoms with Gasteiger partial charge in [0.15, 0.2) is 0 Å². The average molecular weight is 225 g/mol. The maximum atomic E-state index is 13.6. The van der Waals surface area contributed by atoms with Crippen molar-refractivity contribution < 1.29 is 19.2 Å². The van der Waals surface area contributed by atoms with Crippen molar-refractivity contribution in [3.8, 4) is 0 Å². The van der Waals surface area contributed by atoms with E-state index in [0.717, 1.165) is 6.07 Å². The second-order valence-corrected chi connectivity index (χ2v) is 3.72. The van der Waals surface area contributed by atoms with Crippen LogP contribution in [0.15, 0.2) is 18.2 Å². The topological polar surface area (TPSA) is 80.4 Å². The number of carbonyl (C=O) groups is 1. The standard InChI is InChI=1S/C10H8FNO4/c11-9-5(6-4-7(6)10(13)14)2-1-3-8(9)12(15)16/h1-3,6-7H,4H2,(H,13,14)/t6-,7+/m0/s1. The minimum Gasteiger partial charge on any atom is -0.481 e. The van der Waals surface area contributed by atoms with Crippen molar-refractivity contribution >= 4 is 11.7 Å². The second kappa shape index (κ2) is 3.55. The van der Waals surface area contributed by atoms with Gasteiger partial charge in [-0.2, -0.15) is 4.39 Å². The van der Waals surface area contributed by atoms with Crippen LogP contribution < -0.4 is 0 Å². The van der Waals surface area contributed by atoms with E-state index in [4.69, 9.17) is 5.11 Å². The molecule has 0 radical (unpaired) electrons. The third kappa shape index (κ3) is 1.62. The van der Waals surface area contributed by atoms with E-state index in [0.29, 0.717) is 6.42 Å². The van der Waals surface area contributed by atoms with Gasteiger partial charge in [-0.3, -0.25) is 14.9 Å². The van der Waals surface area contributed by atoms with Crippen LogP contribution in [-0.4, -0.2) is 16.0 Å². The first-order valence-corrected chi connectivity index (χ1v) is 4.68. The smallest absolute Gasteiger partial charge is 0.307 e. The van der Waals surface area contributed by atoms with E-state index < -0.39 is 34.2 Å². The van der Waals surface area contributed by atoms with Crippen molar-refractivity contribution in [2.45, 2.75) is 12.3 Å². The molecule has 2 atom stereocenters. The zero-order valence-corrected chi connectivity index (χ0v) is 8.09. The predicted octanol–water partition coefficient (Wildman–Crippen LogP) is 1.92. The number of carboxylic acid groups (broad SMARTS) is 1. The lowest BCUT2D eigenvalue weighted by Gasteiger charge is -2.01. The van der Waals surface area contributed by atoms with Gasteiger partial charge >= 0.3 is 11.7 Å². The van der Waals surface area contributed by atoms with Crippen LogP contribution in [0.2, 0.25) is 0 Å². The van der Waals surface area contributed by atoms with Crippen LogP contribution in [0.25, 0.3) is 0 Å². The molecule has 1 fully saturated rings. The van der Waals surface area contributed by atoms with E-state index in [1.807, 2.05) is 0 Å². The fraction of sp³-hybridized carbons (Fsp3) is 0.300. The van der Waals surface area contributed by atoms with Gasteiger partial charge in [0.05, 0.1) is 10.8 Å². The number of halogens is 1. The van der Waals surface area contributed by atoms with E-state index in [1.54, 1.807) is 0 Å². The van der Waals surface area contributed by atoms with Gasteiger partial charge in [0.1, 0.15) is 0 Å². The minimum atomic E-state index is -0.990. The molecule has 1 aliphatic rings. The molecular weight excluding hydrogens is 217 g/mol. The fourth-order valence-corrected chi connectivity index (χ4v) is 1.78. The van der Waals surface area contributed by atoms with Gasteiger partial charge in [0, 0.05) is 12.0 Å². The van der Waals surface area contributed by atoms with E-state index in [9.17, 15) is 19.3 Å². The second-order valence-electron chi connectivity index (χ2n) is 3.72. The molecule has 0 aliphatic heterocycles. The number of hydrogen-bond donors (Lipinski definition) is 1. The number of aliphatic carboxylic acids is 1. The van der Waals surface area contributed by atoms with Gasteiger partial charge < -0.3 is 5.11 Å². The summed E-state index contributed by atoms with van der Waals surface area (Å²) in [6, 6.07) is 3.83. The molecule has 84 valence electrons. The molecule has 0 aromatic heterocycles. The summed E-state index contributed by atoms with van der Waals surface area (Å²) in [6.07, 6.45) is 0.341. The molecule has 6 heteroatoms. The number of benzene rings is 1. The van der Waals surface area contributed by atoms with Gasteiger partial charge in [-0.25, -0.2) is 0 Å². The first-order chi connectivity index (χ1) is 7.52. The monoisotopic (exact) mass is 225 g/mol. The third-order valence-electron chi connectivity index (χ3n) is 2.71. The van der Waals surface area contributed by atoms with Gasteiger partial charge in [0.25, 0.3) is 0 Å². The number of hydrogen-bond acceptors (Lipinski definition) is 3. The number of nitrogens with zero attached hydrogens (tertiary/aromatic N) is 1. The summed E-state index contributed by atoms with van der Waals surface area (Å²) >= 11 is 0. The van der Waals surface area contributed by atoms with Crippen molar-refractivity contribution in [2.24, 2.45) is 5.92 Å². The highest BCUT2D eigenvalue weighted by atomic mass is 19.1. The van der Waals surface area contributed by atoms with E-state index in [2.05, 4.69) is 0 Å². The summed E-state index contributed by atoms with van der Waals surface area (Å²) in [6.45, 7) is 0. The summed E-state index contributed by atoms with van der Waals surface area (Å²) in [5.74, 6) is -2.95. The highest BCUT2D eigenvalue weighted by Crippen LogP contribution is 2.49. The molecule has 1 N–H and O–H groups in total. The highest BCUT2D eigenvalue weighted by molar-refractivity contribution is 5.75. The molecule has 0 spiro atoms. The molecule has 16 heavy (non-hydrogen) atoms. The van der Waals surface area contributed by atoms with Gasteiger partial charge in [-0.15, -0.1) is 0 Å². The molecular formula is C10H8FNO4. The normalized spacial score (nSPS) is 22.8. The number of rotatable bonds is 3. The molecule has 1 saturated carbocycles. The van der Waals surface area contributed by atoms with Crippen LogP contribution in [0.4, 0.5) is 10.1 Å². The lowest BCUT2D eigenvalue weighted by atomic mass is 10.1. The fourth-order valence-electron chi connectivity index (χ4n) is 1.78. The Hall–Kier alpha value is -1.98. The van der Waals surface area contributed by atoms with E-state index in [1.165, 1.54) is 12.1 Å². The summed E-state index contributed by atoms with van der Waals surface area (Å²) in [5.41, 5.74) is -0.477. The van der Waals surface area contributed by atoms with Crippen LogP contribution in [0.5, 0.6) is 0 Å². The van der Waals surface area contributed by atoms with Crippen LogP contribution >= 0.6 is 0 Å². The summed E-state index contributed by atoms with van der Waals surface area (Å²) in [7, 11) is 0. The van der Waals surface area contributed by atoms with E-state index >= 15 is 0 Å². The lowest BCUT2D eigenvalue weighted by Crippen LogP contribution is -2.01. The van der Waals surface area contributed by atoms with Crippen molar-refractivity contribution in [1.82, 2.24) is 0 Å². The lowest BCUT2D eigenvalue weighted by molar-refractivity contribution is -0.387. The van der Waals surface area contributed by atoms with Gasteiger partial charge in [-0.1, -0.05) is 12.1 Å². The molecule has 0 heterocycles. The number of nitro benzene ring substituents is 1. The van der Waals surface area contributed by atoms with Crippen molar-refractivity contribution in [3.63, 3.8) is 0 Å². The number of nitro groups is 1. The van der Waals surface area contributed by atoms with Gasteiger partial charge in [0.2, 0.25) is 5.82 Å². The summed E-state index contributed by atoms with van der Waals surface area (Å²) in [4.78, 5) is 20.3. The largest absolute Gasteiger partial charge is 0.481 e. The summed E-state index contributed by atoms with van der Waals surface area (Å²) in [5, 5.41) is 19.2. The van der Waals surface area contributed by atoms with Crippen molar-refractivity contribution in [3.05, 3.63) is 39.7 Å². The first kappa shape index (κ1) is 10.5. The Morgan fingerprint density at radius 2 is 2.25 bits per heavy atom. The molecule has 0 unspecified atom stereocenters. The molecule has 5 nitrogen and oxygen atoms in total. The molecule has 0 bridgehead atoms. The van der Waals surface area contributed by atoms with Crippen molar-refractivity contribution in [1.29, 1.82) is 0 Å². The Labute approximate surface area is 89.7 Å². The maximum absolute atomic E-state index is 13.6. The van der Waals surface area contributed by atoms with E-state index in [-0.39, 0.29) is 5.56 Å². The minimum absolute atomic E-state index is 0.126. The Balaban J connectivity index is 2.34. The molecule has 2 rings (SSSR count). The quantitative estimate of drug-likeness (QED) is 0.629. The van der Waals surface area contributed by atoms with Crippen LogP contribution in [0, 0.1) is 21.8 Å². The zero-order chi connectivity index (χ0) is 11.9. The zero-order valence-electron chi connectivity index (χ0n) is 8.09. The third-order valence-corrected chi connectivity index (χ3v) is 2.71. The van der Waals surface area contributed by atoms with Crippen molar-refractivity contribution in [2.75, 3.05) is 0 Å². The predicted molar refractivity (Wildman–Crippen MR) is 51.5 cm³/mol. The molecule has 0 saturated heterocycles. The average Bonchev–Trinajstić information content (AvgIpc) is 2.97. The van der Waals surface area contributed by atoms with Crippen LogP contribution in [0.3, 0.4) is 0 Å². The maximum Gasteiger partial charge on any atom is 0.307 e. The molecule has 1 aromatic rings. The Morgan fingerprint density at radius 1 is 1.56 bits per heavy atom. The first-order valence-electron chi connectivity index (χ1n) is 4.68. The highest BCUT2D eigenvalue weighted by Gasteiger charge is 2.46. The Morgan fingerprint density at radius 3 is 2.75 bits per heavy atom. The molecule has 0 amide bonds. The molecule has 1 aliphatic carbocycles. The molecule has 1 aromatic carbocycles. The number of carboxylic acids is 1.